The summed E-state index contributed by atoms with van der Waals surface area (Å²) in [5.74, 6) is 0. The van der Waals surface area contributed by atoms with Gasteiger partial charge < -0.3 is 24.3 Å². The molecule has 3 rings (SSSR count). The maximum absolute atomic E-state index is 13.6. The summed E-state index contributed by atoms with van der Waals surface area (Å²) < 4.78 is 21.6. The van der Waals surface area contributed by atoms with E-state index in [0.717, 1.165) is 45.1 Å². The Morgan fingerprint density at radius 2 is 1.16 bits per heavy atom. The highest BCUT2D eigenvalue weighted by Crippen LogP contribution is 2.50. The molecule has 3 aliphatic rings. The number of nitrogens with one attached hydrogen (secondary N) is 1. The van der Waals surface area contributed by atoms with Gasteiger partial charge in [0.2, 0.25) is 0 Å². The Morgan fingerprint density at radius 3 is 1.65 bits per heavy atom. The first-order valence-electron chi connectivity index (χ1n) is 12.6. The van der Waals surface area contributed by atoms with Gasteiger partial charge in [0.25, 0.3) is 0 Å². The number of rotatable bonds is 13. The first-order chi connectivity index (χ1) is 15.2. The number of methoxy groups -OCH3 is 1. The largest absolute Gasteiger partial charge is 0.382 e. The molecule has 2 spiro atoms. The molecule has 181 valence electrons. The fraction of sp³-hybridized carbons (Fsp3) is 1.00. The van der Waals surface area contributed by atoms with Gasteiger partial charge in [0.15, 0.2) is 0 Å². The van der Waals surface area contributed by atoms with E-state index < -0.39 is 0 Å². The number of piperidine rings is 1. The van der Waals surface area contributed by atoms with Crippen molar-refractivity contribution in [1.29, 1.82) is 0 Å². The van der Waals surface area contributed by atoms with Crippen molar-refractivity contribution in [2.24, 2.45) is 0 Å². The van der Waals surface area contributed by atoms with E-state index in [0.29, 0.717) is 52.3 Å². The minimum absolute atomic E-state index is 0.120. The Kier molecular flexibility index (Phi) is 11.0. The molecule has 0 bridgehead atoms. The Balaban J connectivity index is 1.34. The van der Waals surface area contributed by atoms with E-state index >= 15 is 0 Å². The first kappa shape index (κ1) is 25.3. The van der Waals surface area contributed by atoms with Crippen molar-refractivity contribution in [3.8, 4) is 0 Å². The van der Waals surface area contributed by atoms with Gasteiger partial charge in [-0.15, -0.1) is 10.3 Å². The molecule has 0 unspecified atom stereocenters. The van der Waals surface area contributed by atoms with Gasteiger partial charge in [-0.25, -0.2) is 0 Å². The summed E-state index contributed by atoms with van der Waals surface area (Å²) in [4.78, 5) is 0. The summed E-state index contributed by atoms with van der Waals surface area (Å²) in [5, 5.41) is 19.0. The quantitative estimate of drug-likeness (QED) is 0.441. The molecule has 0 atom stereocenters. The summed E-state index contributed by atoms with van der Waals surface area (Å²) in [6.45, 7) is 5.13. The number of ether oxygens (including phenoxy) is 4. The molecule has 1 aliphatic heterocycles. The van der Waals surface area contributed by atoms with Crippen LogP contribution in [0.15, 0.2) is 0 Å². The highest BCUT2D eigenvalue weighted by atomic mass is 16.6. The summed E-state index contributed by atoms with van der Waals surface area (Å²) in [5.41, 5.74) is -0.239. The molecule has 2 aliphatic carbocycles. The topological polar surface area (TPSA) is 72.1 Å². The molecule has 3 fully saturated rings. The molecular formula is C24H45N2O5. The zero-order valence-corrected chi connectivity index (χ0v) is 19.7. The van der Waals surface area contributed by atoms with Crippen LogP contribution in [0.5, 0.6) is 0 Å². The van der Waals surface area contributed by atoms with E-state index in [9.17, 15) is 5.21 Å². The van der Waals surface area contributed by atoms with Gasteiger partial charge in [-0.3, -0.25) is 0 Å². The Bertz CT molecular complexity index is 453. The van der Waals surface area contributed by atoms with Crippen molar-refractivity contribution in [2.75, 3.05) is 59.9 Å². The van der Waals surface area contributed by atoms with Crippen molar-refractivity contribution in [2.45, 2.75) is 94.2 Å². The lowest BCUT2D eigenvalue weighted by Crippen LogP contribution is -2.67. The molecule has 1 N–H and O–H groups in total. The number of hydrogen-bond donors (Lipinski definition) is 1. The molecule has 7 nitrogen and oxygen atoms in total. The molecule has 0 aromatic heterocycles. The van der Waals surface area contributed by atoms with Crippen molar-refractivity contribution in [3.05, 3.63) is 0 Å². The lowest BCUT2D eigenvalue weighted by Gasteiger charge is -2.58. The third-order valence-electron chi connectivity index (χ3n) is 7.54. The Hall–Kier alpha value is -0.280. The molecular weight excluding hydrogens is 396 g/mol. The van der Waals surface area contributed by atoms with E-state index in [2.05, 4.69) is 5.32 Å². The highest BCUT2D eigenvalue weighted by Gasteiger charge is 2.55. The van der Waals surface area contributed by atoms with Crippen LogP contribution in [-0.2, 0) is 24.2 Å². The normalized spacial score (nSPS) is 25.9. The number of hydrogen-bond acceptors (Lipinski definition) is 6. The van der Waals surface area contributed by atoms with E-state index in [1.807, 2.05) is 0 Å². The maximum Gasteiger partial charge on any atom is 0.0701 e. The predicted octanol–water partition coefficient (Wildman–Crippen LogP) is 3.49. The van der Waals surface area contributed by atoms with Crippen LogP contribution in [0.2, 0.25) is 0 Å². The zero-order chi connectivity index (χ0) is 21.8. The minimum Gasteiger partial charge on any atom is -0.382 e. The number of nitrogens with zero attached hydrogens (tertiary/aromatic N) is 1. The van der Waals surface area contributed by atoms with Crippen LogP contribution >= 0.6 is 0 Å². The van der Waals surface area contributed by atoms with Gasteiger partial charge in [-0.1, -0.05) is 38.5 Å². The van der Waals surface area contributed by atoms with Crippen molar-refractivity contribution in [3.63, 3.8) is 0 Å². The number of hydroxylamine groups is 2. The Labute approximate surface area is 189 Å². The van der Waals surface area contributed by atoms with E-state index in [1.54, 1.807) is 12.2 Å². The second-order valence-corrected chi connectivity index (χ2v) is 9.75. The van der Waals surface area contributed by atoms with Crippen LogP contribution < -0.4 is 5.32 Å². The van der Waals surface area contributed by atoms with Crippen molar-refractivity contribution in [1.82, 2.24) is 10.4 Å². The minimum atomic E-state index is -0.120. The first-order valence-corrected chi connectivity index (χ1v) is 12.6. The molecule has 0 aromatic carbocycles. The molecule has 1 radical (unpaired) electrons. The van der Waals surface area contributed by atoms with Gasteiger partial charge in [-0.2, -0.15) is 0 Å². The van der Waals surface area contributed by atoms with Crippen LogP contribution in [0.25, 0.3) is 0 Å². The monoisotopic (exact) mass is 441 g/mol. The molecule has 2 saturated carbocycles. The maximum atomic E-state index is 13.6. The molecule has 31 heavy (non-hydrogen) atoms. The smallest absolute Gasteiger partial charge is 0.0701 e. The molecule has 1 saturated heterocycles. The fourth-order valence-electron chi connectivity index (χ4n) is 6.06. The molecule has 0 amide bonds. The summed E-state index contributed by atoms with van der Waals surface area (Å²) in [6, 6.07) is 0.436. The lowest BCUT2D eigenvalue weighted by atomic mass is 9.65. The van der Waals surface area contributed by atoms with Crippen LogP contribution in [0.4, 0.5) is 0 Å². The van der Waals surface area contributed by atoms with Crippen LogP contribution in [0, 0.1) is 0 Å². The van der Waals surface area contributed by atoms with E-state index in [1.165, 1.54) is 38.5 Å². The van der Waals surface area contributed by atoms with Gasteiger partial charge in [-0.05, 0) is 38.5 Å². The zero-order valence-electron chi connectivity index (χ0n) is 19.7. The third kappa shape index (κ3) is 7.36. The summed E-state index contributed by atoms with van der Waals surface area (Å²) >= 11 is 0. The summed E-state index contributed by atoms with van der Waals surface area (Å²) in [7, 11) is 1.67. The molecule has 0 aromatic rings. The molecule has 7 heteroatoms. The van der Waals surface area contributed by atoms with Crippen LogP contribution in [-0.4, -0.2) is 82.1 Å². The Morgan fingerprint density at radius 1 is 0.710 bits per heavy atom. The second-order valence-electron chi connectivity index (χ2n) is 9.75. The lowest BCUT2D eigenvalue weighted by molar-refractivity contribution is -0.320. The fourth-order valence-corrected chi connectivity index (χ4v) is 6.06. The molecule has 1 heterocycles. The standard InChI is InChI=1S/C24H45N2O5/c1-28-14-15-30-18-19-31-17-16-29-13-12-25-22-20-23(8-4-2-5-9-23)26(27)24(21-22)10-6-3-7-11-24/h22,25H,2-21H2,1H3. The van der Waals surface area contributed by atoms with Crippen LogP contribution in [0.1, 0.15) is 77.0 Å². The van der Waals surface area contributed by atoms with Crippen molar-refractivity contribution >= 4 is 0 Å². The third-order valence-corrected chi connectivity index (χ3v) is 7.54. The van der Waals surface area contributed by atoms with Gasteiger partial charge in [0.1, 0.15) is 0 Å². The van der Waals surface area contributed by atoms with E-state index in [-0.39, 0.29) is 11.1 Å². The van der Waals surface area contributed by atoms with Crippen LogP contribution in [0.3, 0.4) is 0 Å². The van der Waals surface area contributed by atoms with Gasteiger partial charge in [0.05, 0.1) is 57.3 Å². The van der Waals surface area contributed by atoms with Crippen molar-refractivity contribution < 1.29 is 24.2 Å². The van der Waals surface area contributed by atoms with E-state index in [4.69, 9.17) is 18.9 Å². The highest BCUT2D eigenvalue weighted by molar-refractivity contribution is 5.07. The van der Waals surface area contributed by atoms with Gasteiger partial charge >= 0.3 is 0 Å². The average molecular weight is 442 g/mol. The summed E-state index contributed by atoms with van der Waals surface area (Å²) in [6.07, 6.45) is 13.8. The average Bonchev–Trinajstić information content (AvgIpc) is 2.79. The predicted molar refractivity (Wildman–Crippen MR) is 120 cm³/mol. The van der Waals surface area contributed by atoms with Gasteiger partial charge in [0, 0.05) is 19.7 Å². The SMILES string of the molecule is COCCOCCOCCOCCNC1CC2(CCCCC2)N([O])C2(CCCCC2)C1. The second kappa shape index (κ2) is 13.4.